The van der Waals surface area contributed by atoms with Crippen molar-refractivity contribution in [2.24, 2.45) is 0 Å². The molecule has 0 radical (unpaired) electrons. The van der Waals surface area contributed by atoms with Crippen LogP contribution in [0.5, 0.6) is 11.5 Å². The van der Waals surface area contributed by atoms with Crippen LogP contribution in [-0.2, 0) is 0 Å². The molecule has 0 amide bonds. The lowest BCUT2D eigenvalue weighted by molar-refractivity contribution is 0.311. The molecule has 2 fully saturated rings. The Kier molecular flexibility index (Phi) is 5.61. The van der Waals surface area contributed by atoms with Crippen LogP contribution in [0, 0.1) is 5.82 Å². The number of ether oxygens (including phenoxy) is 1. The number of aromatic hydroxyl groups is 1. The average Bonchev–Trinajstić information content (AvgIpc) is 3.26. The summed E-state index contributed by atoms with van der Waals surface area (Å²) in [5.41, 5.74) is 1.48. The standard InChI is InChI=1S/C24H26FN5O2/c1-32-18-9-15(12-26-13-18)19-11-23(31)20(10-21(19)25)22-5-6-24(29-28-22)30-8-7-17(14-30)27-16-3-2-4-16/h5-6,9-13,16-17,27,31H,2-4,7-8,14H2,1H3. The maximum absolute atomic E-state index is 14.9. The van der Waals surface area contributed by atoms with Crippen molar-refractivity contribution in [1.29, 1.82) is 0 Å². The molecule has 32 heavy (non-hydrogen) atoms. The maximum atomic E-state index is 14.9. The van der Waals surface area contributed by atoms with Crippen molar-refractivity contribution in [2.75, 3.05) is 25.1 Å². The molecule has 5 rings (SSSR count). The Hall–Kier alpha value is -3.26. The number of aromatic nitrogens is 3. The number of nitrogens with one attached hydrogen (secondary N) is 1. The minimum absolute atomic E-state index is 0.0720. The smallest absolute Gasteiger partial charge is 0.151 e. The van der Waals surface area contributed by atoms with E-state index < -0.39 is 5.82 Å². The number of rotatable bonds is 6. The number of hydrogen-bond acceptors (Lipinski definition) is 7. The fourth-order valence-electron chi connectivity index (χ4n) is 4.32. The monoisotopic (exact) mass is 435 g/mol. The number of benzene rings is 1. The Labute approximate surface area is 186 Å². The van der Waals surface area contributed by atoms with Gasteiger partial charge >= 0.3 is 0 Å². The highest BCUT2D eigenvalue weighted by molar-refractivity contribution is 5.75. The molecular weight excluding hydrogens is 409 g/mol. The third-order valence-corrected chi connectivity index (χ3v) is 6.36. The number of anilines is 1. The molecule has 7 nitrogen and oxygen atoms in total. The Morgan fingerprint density at radius 1 is 1.06 bits per heavy atom. The minimum Gasteiger partial charge on any atom is -0.507 e. The molecule has 2 N–H and O–H groups in total. The summed E-state index contributed by atoms with van der Waals surface area (Å²) in [4.78, 5) is 6.27. The number of halogens is 1. The van der Waals surface area contributed by atoms with Crippen LogP contribution in [0.25, 0.3) is 22.4 Å². The van der Waals surface area contributed by atoms with Gasteiger partial charge in [-0.2, -0.15) is 0 Å². The van der Waals surface area contributed by atoms with Gasteiger partial charge in [0, 0.05) is 48.1 Å². The first-order chi connectivity index (χ1) is 15.6. The van der Waals surface area contributed by atoms with Crippen LogP contribution in [-0.4, -0.2) is 52.6 Å². The van der Waals surface area contributed by atoms with Crippen LogP contribution >= 0.6 is 0 Å². The molecule has 3 aromatic rings. The van der Waals surface area contributed by atoms with E-state index in [0.29, 0.717) is 34.7 Å². The summed E-state index contributed by atoms with van der Waals surface area (Å²) in [6, 6.07) is 9.14. The van der Waals surface area contributed by atoms with Gasteiger partial charge in [0.05, 0.1) is 19.0 Å². The lowest BCUT2D eigenvalue weighted by atomic mass is 9.92. The van der Waals surface area contributed by atoms with Crippen molar-refractivity contribution >= 4 is 5.82 Å². The quantitative estimate of drug-likeness (QED) is 0.610. The van der Waals surface area contributed by atoms with Gasteiger partial charge in [0.1, 0.15) is 17.3 Å². The van der Waals surface area contributed by atoms with Gasteiger partial charge in [-0.1, -0.05) is 6.42 Å². The zero-order valence-electron chi connectivity index (χ0n) is 18.0. The molecule has 1 aliphatic heterocycles. The predicted octanol–water partition coefficient (Wildman–Crippen LogP) is 3.78. The summed E-state index contributed by atoms with van der Waals surface area (Å²) >= 11 is 0. The zero-order valence-corrected chi connectivity index (χ0v) is 18.0. The molecule has 1 saturated heterocycles. The number of hydrogen-bond donors (Lipinski definition) is 2. The van der Waals surface area contributed by atoms with Crippen molar-refractivity contribution in [3.8, 4) is 33.9 Å². The van der Waals surface area contributed by atoms with E-state index >= 15 is 0 Å². The predicted molar refractivity (Wildman–Crippen MR) is 120 cm³/mol. The molecular formula is C24H26FN5O2. The first-order valence-electron chi connectivity index (χ1n) is 11.0. The second-order valence-corrected chi connectivity index (χ2v) is 8.47. The maximum Gasteiger partial charge on any atom is 0.151 e. The SMILES string of the molecule is COc1cncc(-c2cc(O)c(-c3ccc(N4CCC(NC5CCC5)C4)nn3)cc2F)c1. The van der Waals surface area contributed by atoms with E-state index in [4.69, 9.17) is 4.74 Å². The Morgan fingerprint density at radius 3 is 2.66 bits per heavy atom. The normalized spacial score (nSPS) is 18.6. The number of phenols is 1. The summed E-state index contributed by atoms with van der Waals surface area (Å²) in [6.45, 7) is 1.84. The van der Waals surface area contributed by atoms with E-state index in [1.54, 1.807) is 18.3 Å². The minimum atomic E-state index is -0.483. The van der Waals surface area contributed by atoms with E-state index in [2.05, 4.69) is 25.4 Å². The lowest BCUT2D eigenvalue weighted by Gasteiger charge is -2.29. The number of nitrogens with zero attached hydrogens (tertiary/aromatic N) is 4. The first kappa shape index (κ1) is 20.6. The fraction of sp³-hybridized carbons (Fsp3) is 0.375. The Balaban J connectivity index is 1.33. The van der Waals surface area contributed by atoms with Crippen molar-refractivity contribution < 1.29 is 14.2 Å². The van der Waals surface area contributed by atoms with Gasteiger partial charge in [0.15, 0.2) is 5.82 Å². The van der Waals surface area contributed by atoms with Gasteiger partial charge in [-0.3, -0.25) is 4.98 Å². The van der Waals surface area contributed by atoms with Gasteiger partial charge in [0.25, 0.3) is 0 Å². The second kappa shape index (κ2) is 8.70. The molecule has 166 valence electrons. The van der Waals surface area contributed by atoms with E-state index in [-0.39, 0.29) is 11.3 Å². The molecule has 1 atom stereocenters. The highest BCUT2D eigenvalue weighted by atomic mass is 19.1. The van der Waals surface area contributed by atoms with Gasteiger partial charge in [-0.25, -0.2) is 4.39 Å². The molecule has 1 saturated carbocycles. The highest BCUT2D eigenvalue weighted by Crippen LogP contribution is 2.35. The summed E-state index contributed by atoms with van der Waals surface area (Å²) in [5, 5.41) is 22.9. The average molecular weight is 436 g/mol. The second-order valence-electron chi connectivity index (χ2n) is 8.47. The number of phenolic OH excluding ortho intramolecular Hbond substituents is 1. The molecule has 0 spiro atoms. The van der Waals surface area contributed by atoms with Crippen LogP contribution in [0.1, 0.15) is 25.7 Å². The van der Waals surface area contributed by atoms with Crippen LogP contribution in [0.3, 0.4) is 0 Å². The van der Waals surface area contributed by atoms with Crippen molar-refractivity contribution in [2.45, 2.75) is 37.8 Å². The van der Waals surface area contributed by atoms with E-state index in [1.807, 2.05) is 6.07 Å². The molecule has 2 aromatic heterocycles. The first-order valence-corrected chi connectivity index (χ1v) is 11.0. The fourth-order valence-corrected chi connectivity index (χ4v) is 4.32. The number of pyridine rings is 1. The molecule has 1 unspecified atom stereocenters. The van der Waals surface area contributed by atoms with Gasteiger partial charge in [-0.05, 0) is 49.6 Å². The summed E-state index contributed by atoms with van der Waals surface area (Å²) in [5.74, 6) is 0.755. The van der Waals surface area contributed by atoms with Crippen molar-refractivity contribution in [3.05, 3.63) is 48.5 Å². The van der Waals surface area contributed by atoms with Crippen LogP contribution < -0.4 is 15.0 Å². The summed E-state index contributed by atoms with van der Waals surface area (Å²) in [7, 11) is 1.52. The van der Waals surface area contributed by atoms with Crippen LogP contribution in [0.2, 0.25) is 0 Å². The van der Waals surface area contributed by atoms with Crippen LogP contribution in [0.15, 0.2) is 42.7 Å². The summed E-state index contributed by atoms with van der Waals surface area (Å²) in [6.07, 6.45) is 8.03. The van der Waals surface area contributed by atoms with E-state index in [0.717, 1.165) is 25.3 Å². The van der Waals surface area contributed by atoms with Crippen molar-refractivity contribution in [1.82, 2.24) is 20.5 Å². The highest BCUT2D eigenvalue weighted by Gasteiger charge is 2.28. The van der Waals surface area contributed by atoms with Gasteiger partial charge in [0.2, 0.25) is 0 Å². The van der Waals surface area contributed by atoms with E-state index in [1.165, 1.54) is 44.7 Å². The topological polar surface area (TPSA) is 83.4 Å². The molecule has 1 aromatic carbocycles. The van der Waals surface area contributed by atoms with Gasteiger partial charge in [-0.15, -0.1) is 10.2 Å². The Bertz CT molecular complexity index is 1100. The molecule has 3 heterocycles. The molecule has 1 aliphatic carbocycles. The van der Waals surface area contributed by atoms with Crippen molar-refractivity contribution in [3.63, 3.8) is 0 Å². The number of methoxy groups -OCH3 is 1. The third kappa shape index (κ3) is 4.10. The van der Waals surface area contributed by atoms with E-state index in [9.17, 15) is 9.50 Å². The zero-order chi connectivity index (χ0) is 22.1. The third-order valence-electron chi connectivity index (χ3n) is 6.36. The molecule has 8 heteroatoms. The van der Waals surface area contributed by atoms with Crippen LogP contribution in [0.4, 0.5) is 10.2 Å². The summed E-state index contributed by atoms with van der Waals surface area (Å²) < 4.78 is 20.1. The molecule has 2 aliphatic rings. The van der Waals surface area contributed by atoms with Gasteiger partial charge < -0.3 is 20.1 Å². The Morgan fingerprint density at radius 2 is 1.94 bits per heavy atom. The largest absolute Gasteiger partial charge is 0.507 e. The lowest BCUT2D eigenvalue weighted by Crippen LogP contribution is -2.43. The molecule has 0 bridgehead atoms.